The normalized spacial score (nSPS) is 33.6. The number of nitrogens with one attached hydrogen (secondary N) is 1. The summed E-state index contributed by atoms with van der Waals surface area (Å²) in [4.78, 5) is 2.41. The van der Waals surface area contributed by atoms with Crippen LogP contribution < -0.4 is 5.32 Å². The number of rotatable bonds is 6. The quantitative estimate of drug-likeness (QED) is 0.692. The zero-order chi connectivity index (χ0) is 11.4. The summed E-state index contributed by atoms with van der Waals surface area (Å²) in [6.07, 6.45) is 4.36. The van der Waals surface area contributed by atoms with Crippen LogP contribution in [0.5, 0.6) is 0 Å². The third-order valence-electron chi connectivity index (χ3n) is 4.21. The van der Waals surface area contributed by atoms with Crippen molar-refractivity contribution in [3.8, 4) is 0 Å². The van der Waals surface area contributed by atoms with Gasteiger partial charge in [0.05, 0.1) is 6.61 Å². The van der Waals surface area contributed by atoms with E-state index < -0.39 is 0 Å². The molecule has 1 aliphatic heterocycles. The van der Waals surface area contributed by atoms with Crippen molar-refractivity contribution in [2.24, 2.45) is 11.8 Å². The molecule has 2 aliphatic rings. The Kier molecular flexibility index (Phi) is 4.62. The average molecular weight is 226 g/mol. The van der Waals surface area contributed by atoms with Crippen molar-refractivity contribution >= 4 is 0 Å². The van der Waals surface area contributed by atoms with Crippen molar-refractivity contribution in [3.05, 3.63) is 0 Å². The van der Waals surface area contributed by atoms with Crippen molar-refractivity contribution in [2.75, 3.05) is 39.9 Å². The van der Waals surface area contributed by atoms with Gasteiger partial charge >= 0.3 is 0 Å². The van der Waals surface area contributed by atoms with Crippen LogP contribution in [0.25, 0.3) is 0 Å². The topological polar surface area (TPSA) is 24.5 Å². The second kappa shape index (κ2) is 5.99. The van der Waals surface area contributed by atoms with E-state index in [2.05, 4.69) is 24.2 Å². The summed E-state index contributed by atoms with van der Waals surface area (Å²) in [5.74, 6) is 1.93. The van der Waals surface area contributed by atoms with Crippen LogP contribution >= 0.6 is 0 Å². The van der Waals surface area contributed by atoms with Gasteiger partial charge in [0, 0.05) is 25.7 Å². The number of ether oxygens (including phenoxy) is 1. The van der Waals surface area contributed by atoms with Crippen LogP contribution in [0.2, 0.25) is 0 Å². The van der Waals surface area contributed by atoms with Gasteiger partial charge in [-0.05, 0) is 45.2 Å². The van der Waals surface area contributed by atoms with Crippen molar-refractivity contribution in [1.82, 2.24) is 10.2 Å². The Morgan fingerprint density at radius 2 is 2.25 bits per heavy atom. The van der Waals surface area contributed by atoms with Gasteiger partial charge in [-0.25, -0.2) is 0 Å². The van der Waals surface area contributed by atoms with E-state index in [1.54, 1.807) is 0 Å². The Morgan fingerprint density at radius 3 is 3.06 bits per heavy atom. The second-order valence-electron chi connectivity index (χ2n) is 5.33. The second-order valence-corrected chi connectivity index (χ2v) is 5.33. The van der Waals surface area contributed by atoms with E-state index in [0.717, 1.165) is 37.6 Å². The largest absolute Gasteiger partial charge is 0.380 e. The van der Waals surface area contributed by atoms with Gasteiger partial charge in [0.2, 0.25) is 0 Å². The van der Waals surface area contributed by atoms with Crippen LogP contribution in [0.1, 0.15) is 26.2 Å². The average Bonchev–Trinajstić information content (AvgIpc) is 2.83. The molecule has 0 aromatic heterocycles. The molecule has 0 amide bonds. The molecule has 0 aromatic carbocycles. The minimum atomic E-state index is 0.735. The molecule has 0 spiro atoms. The Balaban J connectivity index is 1.68. The molecule has 1 heterocycles. The lowest BCUT2D eigenvalue weighted by Crippen LogP contribution is -2.40. The Labute approximate surface area is 99.5 Å². The molecule has 16 heavy (non-hydrogen) atoms. The highest BCUT2D eigenvalue weighted by Crippen LogP contribution is 2.37. The lowest BCUT2D eigenvalue weighted by Gasteiger charge is -2.24. The van der Waals surface area contributed by atoms with Crippen LogP contribution in [0, 0.1) is 11.8 Å². The van der Waals surface area contributed by atoms with Gasteiger partial charge in [0.1, 0.15) is 0 Å². The Hall–Kier alpha value is -0.120. The molecule has 1 aliphatic carbocycles. The number of likely N-dealkylation sites (N-methyl/N-ethyl adjacent to an activating group) is 1. The molecule has 3 atom stereocenters. The zero-order valence-corrected chi connectivity index (χ0v) is 10.7. The molecule has 0 aromatic rings. The highest BCUT2D eigenvalue weighted by Gasteiger charge is 2.38. The summed E-state index contributed by atoms with van der Waals surface area (Å²) in [6, 6.07) is 0.735. The predicted molar refractivity (Wildman–Crippen MR) is 66.6 cm³/mol. The van der Waals surface area contributed by atoms with Crippen LogP contribution in [-0.2, 0) is 4.74 Å². The summed E-state index contributed by atoms with van der Waals surface area (Å²) in [6.45, 7) is 7.27. The number of nitrogens with zero attached hydrogens (tertiary/aromatic N) is 1. The van der Waals surface area contributed by atoms with Gasteiger partial charge in [-0.2, -0.15) is 0 Å². The minimum absolute atomic E-state index is 0.735. The minimum Gasteiger partial charge on any atom is -0.380 e. The van der Waals surface area contributed by atoms with E-state index in [0.29, 0.717) is 0 Å². The summed E-state index contributed by atoms with van der Waals surface area (Å²) < 4.78 is 5.39. The van der Waals surface area contributed by atoms with E-state index in [1.165, 1.54) is 32.4 Å². The first-order chi connectivity index (χ1) is 7.81. The van der Waals surface area contributed by atoms with Gasteiger partial charge in [0.15, 0.2) is 0 Å². The third kappa shape index (κ3) is 2.96. The zero-order valence-electron chi connectivity index (χ0n) is 10.7. The molecule has 1 N–H and O–H groups in total. The molecular weight excluding hydrogens is 200 g/mol. The molecule has 94 valence electrons. The van der Waals surface area contributed by atoms with E-state index in [1.807, 2.05) is 0 Å². The maximum atomic E-state index is 5.39. The van der Waals surface area contributed by atoms with Gasteiger partial charge in [-0.3, -0.25) is 0 Å². The summed E-state index contributed by atoms with van der Waals surface area (Å²) in [5.41, 5.74) is 0. The third-order valence-corrected chi connectivity index (χ3v) is 4.21. The van der Waals surface area contributed by atoms with Crippen molar-refractivity contribution in [1.29, 1.82) is 0 Å². The van der Waals surface area contributed by atoms with Gasteiger partial charge in [0.25, 0.3) is 0 Å². The molecule has 3 heteroatoms. The molecule has 1 saturated carbocycles. The van der Waals surface area contributed by atoms with Crippen molar-refractivity contribution in [2.45, 2.75) is 32.2 Å². The fourth-order valence-corrected chi connectivity index (χ4v) is 3.29. The summed E-state index contributed by atoms with van der Waals surface area (Å²) in [7, 11) is 2.21. The fraction of sp³-hybridized carbons (Fsp3) is 1.00. The first kappa shape index (κ1) is 12.3. The van der Waals surface area contributed by atoms with Crippen LogP contribution in [0.4, 0.5) is 0 Å². The van der Waals surface area contributed by atoms with E-state index >= 15 is 0 Å². The van der Waals surface area contributed by atoms with Crippen molar-refractivity contribution in [3.63, 3.8) is 0 Å². The van der Waals surface area contributed by atoms with E-state index in [9.17, 15) is 0 Å². The van der Waals surface area contributed by atoms with E-state index in [-0.39, 0.29) is 0 Å². The molecule has 1 saturated heterocycles. The lowest BCUT2D eigenvalue weighted by atomic mass is 9.94. The molecule has 2 fully saturated rings. The SMILES string of the molecule is CCOCCN(C)CC1NCC2CCCC21. The summed E-state index contributed by atoms with van der Waals surface area (Å²) >= 11 is 0. The van der Waals surface area contributed by atoms with E-state index in [4.69, 9.17) is 4.74 Å². The molecule has 3 nitrogen and oxygen atoms in total. The Bertz CT molecular complexity index is 210. The highest BCUT2D eigenvalue weighted by molar-refractivity contribution is 4.95. The molecular formula is C13H26N2O. The highest BCUT2D eigenvalue weighted by atomic mass is 16.5. The molecule has 2 rings (SSSR count). The maximum Gasteiger partial charge on any atom is 0.0593 e. The van der Waals surface area contributed by atoms with Gasteiger partial charge in [-0.1, -0.05) is 6.42 Å². The molecule has 0 bridgehead atoms. The van der Waals surface area contributed by atoms with Gasteiger partial charge in [-0.15, -0.1) is 0 Å². The Morgan fingerprint density at radius 1 is 1.38 bits per heavy atom. The monoisotopic (exact) mass is 226 g/mol. The fourth-order valence-electron chi connectivity index (χ4n) is 3.29. The molecule has 0 radical (unpaired) electrons. The standard InChI is InChI=1S/C13H26N2O/c1-3-16-8-7-15(2)10-13-12-6-4-5-11(12)9-14-13/h11-14H,3-10H2,1-2H3. The molecule has 3 unspecified atom stereocenters. The maximum absolute atomic E-state index is 5.39. The predicted octanol–water partition coefficient (Wildman–Crippen LogP) is 1.34. The van der Waals surface area contributed by atoms with Crippen LogP contribution in [0.3, 0.4) is 0 Å². The van der Waals surface area contributed by atoms with Gasteiger partial charge < -0.3 is 15.0 Å². The number of hydrogen-bond donors (Lipinski definition) is 1. The number of fused-ring (bicyclic) bond motifs is 1. The van der Waals surface area contributed by atoms with Crippen molar-refractivity contribution < 1.29 is 4.74 Å². The summed E-state index contributed by atoms with van der Waals surface area (Å²) in [5, 5.41) is 3.70. The smallest absolute Gasteiger partial charge is 0.0593 e. The lowest BCUT2D eigenvalue weighted by molar-refractivity contribution is 0.117. The van der Waals surface area contributed by atoms with Crippen LogP contribution in [-0.4, -0.2) is 50.8 Å². The van der Waals surface area contributed by atoms with Crippen LogP contribution in [0.15, 0.2) is 0 Å². The first-order valence-corrected chi connectivity index (χ1v) is 6.81. The first-order valence-electron chi connectivity index (χ1n) is 6.81. The number of hydrogen-bond acceptors (Lipinski definition) is 3.